The molecule has 0 heterocycles. The Bertz CT molecular complexity index is 355. The lowest BCUT2D eigenvalue weighted by Crippen LogP contribution is -2.37. The van der Waals surface area contributed by atoms with Gasteiger partial charge in [0.25, 0.3) is 0 Å². The lowest BCUT2D eigenvalue weighted by molar-refractivity contribution is 0.256. The maximum absolute atomic E-state index is 11.8. The molecule has 1 atom stereocenters. The Kier molecular flexibility index (Phi) is 8.02. The van der Waals surface area contributed by atoms with Crippen LogP contribution in [-0.4, -0.2) is 57.8 Å². The third-order valence-corrected chi connectivity index (χ3v) is 5.45. The summed E-state index contributed by atoms with van der Waals surface area (Å²) in [5.41, 5.74) is 0. The van der Waals surface area contributed by atoms with Gasteiger partial charge in [-0.1, -0.05) is 6.92 Å². The molecule has 20 heavy (non-hydrogen) atoms. The van der Waals surface area contributed by atoms with Crippen LogP contribution < -0.4 is 10.0 Å². The van der Waals surface area contributed by atoms with Crippen molar-refractivity contribution in [2.75, 3.05) is 32.4 Å². The molecule has 5 nitrogen and oxygen atoms in total. The molecule has 1 aliphatic rings. The SMILES string of the molecule is CCC(C)N(C)CCNS(=O)(=O)CCCCNC1CC1. The standard InChI is InChI=1S/C14H31N3O2S/c1-4-13(2)17(3)11-10-16-20(18,19)12-6-5-9-15-14-7-8-14/h13-16H,4-12H2,1-3H3. The second-order valence-electron chi connectivity index (χ2n) is 5.89. The van der Waals surface area contributed by atoms with Crippen LogP contribution >= 0.6 is 0 Å². The van der Waals surface area contributed by atoms with Crippen LogP contribution in [0, 0.1) is 0 Å². The van der Waals surface area contributed by atoms with Crippen molar-refractivity contribution in [2.45, 2.75) is 58.0 Å². The molecule has 120 valence electrons. The average Bonchev–Trinajstić information content (AvgIpc) is 3.21. The van der Waals surface area contributed by atoms with Crippen LogP contribution in [0.25, 0.3) is 0 Å². The topological polar surface area (TPSA) is 61.4 Å². The lowest BCUT2D eigenvalue weighted by atomic mass is 10.2. The summed E-state index contributed by atoms with van der Waals surface area (Å²) in [5.74, 6) is 0.242. The fourth-order valence-electron chi connectivity index (χ4n) is 1.99. The van der Waals surface area contributed by atoms with Gasteiger partial charge in [-0.05, 0) is 52.6 Å². The first-order valence-corrected chi connectivity index (χ1v) is 9.51. The van der Waals surface area contributed by atoms with Crippen LogP contribution in [-0.2, 0) is 10.0 Å². The summed E-state index contributed by atoms with van der Waals surface area (Å²) in [6.07, 6.45) is 5.31. The van der Waals surface area contributed by atoms with E-state index < -0.39 is 10.0 Å². The van der Waals surface area contributed by atoms with Gasteiger partial charge in [0.2, 0.25) is 10.0 Å². The molecule has 0 amide bonds. The Morgan fingerprint density at radius 2 is 1.95 bits per heavy atom. The lowest BCUT2D eigenvalue weighted by Gasteiger charge is -2.23. The highest BCUT2D eigenvalue weighted by Crippen LogP contribution is 2.18. The van der Waals surface area contributed by atoms with E-state index in [2.05, 4.69) is 28.8 Å². The molecule has 1 fully saturated rings. The molecule has 1 saturated carbocycles. The Balaban J connectivity index is 2.04. The highest BCUT2D eigenvalue weighted by atomic mass is 32.2. The number of hydrogen-bond acceptors (Lipinski definition) is 4. The zero-order chi connectivity index (χ0) is 15.0. The van der Waals surface area contributed by atoms with Crippen molar-refractivity contribution in [1.29, 1.82) is 0 Å². The third kappa shape index (κ3) is 8.19. The van der Waals surface area contributed by atoms with Crippen LogP contribution in [0.4, 0.5) is 0 Å². The highest BCUT2D eigenvalue weighted by molar-refractivity contribution is 7.89. The summed E-state index contributed by atoms with van der Waals surface area (Å²) in [7, 11) is -1.07. The van der Waals surface area contributed by atoms with Crippen molar-refractivity contribution in [3.8, 4) is 0 Å². The molecule has 0 saturated heterocycles. The van der Waals surface area contributed by atoms with E-state index in [1.165, 1.54) is 12.8 Å². The molecule has 1 aliphatic carbocycles. The van der Waals surface area contributed by atoms with E-state index in [-0.39, 0.29) is 5.75 Å². The van der Waals surface area contributed by atoms with Crippen molar-refractivity contribution in [1.82, 2.24) is 14.9 Å². The largest absolute Gasteiger partial charge is 0.314 e. The number of hydrogen-bond donors (Lipinski definition) is 2. The molecule has 1 unspecified atom stereocenters. The second-order valence-corrected chi connectivity index (χ2v) is 7.81. The summed E-state index contributed by atoms with van der Waals surface area (Å²) in [4.78, 5) is 2.18. The summed E-state index contributed by atoms with van der Waals surface area (Å²) in [5, 5.41) is 3.40. The Morgan fingerprint density at radius 1 is 1.25 bits per heavy atom. The number of likely N-dealkylation sites (N-methyl/N-ethyl adjacent to an activating group) is 1. The maximum Gasteiger partial charge on any atom is 0.211 e. The second kappa shape index (κ2) is 8.97. The minimum atomic E-state index is -3.10. The fraction of sp³-hybridized carbons (Fsp3) is 1.00. The Labute approximate surface area is 124 Å². The molecular weight excluding hydrogens is 274 g/mol. The normalized spacial score (nSPS) is 17.6. The van der Waals surface area contributed by atoms with Gasteiger partial charge in [-0.2, -0.15) is 0 Å². The Morgan fingerprint density at radius 3 is 2.55 bits per heavy atom. The van der Waals surface area contributed by atoms with Crippen molar-refractivity contribution in [3.63, 3.8) is 0 Å². The molecule has 1 rings (SSSR count). The first kappa shape index (κ1) is 17.9. The zero-order valence-corrected chi connectivity index (χ0v) is 14.0. The third-order valence-electron chi connectivity index (χ3n) is 3.98. The predicted octanol–water partition coefficient (Wildman–Crippen LogP) is 1.17. The molecule has 0 aromatic heterocycles. The summed E-state index contributed by atoms with van der Waals surface area (Å²) >= 11 is 0. The Hall–Kier alpha value is -0.170. The van der Waals surface area contributed by atoms with Crippen LogP contribution in [0.15, 0.2) is 0 Å². The molecule has 2 N–H and O–H groups in total. The molecule has 0 aliphatic heterocycles. The molecule has 0 radical (unpaired) electrons. The van der Waals surface area contributed by atoms with E-state index in [0.29, 0.717) is 18.6 Å². The van der Waals surface area contributed by atoms with E-state index in [0.717, 1.165) is 32.4 Å². The summed E-state index contributed by atoms with van der Waals surface area (Å²) in [6.45, 7) is 6.50. The van der Waals surface area contributed by atoms with Gasteiger partial charge in [0, 0.05) is 25.2 Å². The summed E-state index contributed by atoms with van der Waals surface area (Å²) < 4.78 is 26.3. The maximum atomic E-state index is 11.8. The van der Waals surface area contributed by atoms with Gasteiger partial charge in [0.05, 0.1) is 5.75 Å². The van der Waals surface area contributed by atoms with Gasteiger partial charge in [-0.3, -0.25) is 0 Å². The van der Waals surface area contributed by atoms with Crippen LogP contribution in [0.3, 0.4) is 0 Å². The monoisotopic (exact) mass is 305 g/mol. The fourth-order valence-corrected chi connectivity index (χ4v) is 3.12. The van der Waals surface area contributed by atoms with Crippen LogP contribution in [0.2, 0.25) is 0 Å². The first-order chi connectivity index (χ1) is 9.44. The minimum absolute atomic E-state index is 0.242. The van der Waals surface area contributed by atoms with E-state index >= 15 is 0 Å². The van der Waals surface area contributed by atoms with Gasteiger partial charge in [0.1, 0.15) is 0 Å². The van der Waals surface area contributed by atoms with Gasteiger partial charge in [-0.15, -0.1) is 0 Å². The number of rotatable bonds is 12. The minimum Gasteiger partial charge on any atom is -0.314 e. The molecule has 0 aromatic rings. The van der Waals surface area contributed by atoms with E-state index in [9.17, 15) is 8.42 Å². The predicted molar refractivity (Wildman–Crippen MR) is 84.4 cm³/mol. The number of unbranched alkanes of at least 4 members (excludes halogenated alkanes) is 1. The highest BCUT2D eigenvalue weighted by Gasteiger charge is 2.19. The molecule has 0 spiro atoms. The summed E-state index contributed by atoms with van der Waals surface area (Å²) in [6, 6.07) is 1.20. The van der Waals surface area contributed by atoms with Crippen molar-refractivity contribution in [3.05, 3.63) is 0 Å². The quantitative estimate of drug-likeness (QED) is 0.531. The van der Waals surface area contributed by atoms with Crippen molar-refractivity contribution >= 4 is 10.0 Å². The smallest absolute Gasteiger partial charge is 0.211 e. The van der Waals surface area contributed by atoms with Gasteiger partial charge in [0.15, 0.2) is 0 Å². The van der Waals surface area contributed by atoms with Crippen molar-refractivity contribution in [2.24, 2.45) is 0 Å². The zero-order valence-electron chi connectivity index (χ0n) is 13.2. The average molecular weight is 305 g/mol. The van der Waals surface area contributed by atoms with Gasteiger partial charge in [-0.25, -0.2) is 13.1 Å². The van der Waals surface area contributed by atoms with Crippen LogP contribution in [0.5, 0.6) is 0 Å². The van der Waals surface area contributed by atoms with Gasteiger partial charge >= 0.3 is 0 Å². The molecule has 6 heteroatoms. The molecule has 0 aromatic carbocycles. The molecular formula is C14H31N3O2S. The van der Waals surface area contributed by atoms with E-state index in [4.69, 9.17) is 0 Å². The molecule has 0 bridgehead atoms. The van der Waals surface area contributed by atoms with E-state index in [1.54, 1.807) is 0 Å². The van der Waals surface area contributed by atoms with Crippen molar-refractivity contribution < 1.29 is 8.42 Å². The van der Waals surface area contributed by atoms with Crippen LogP contribution in [0.1, 0.15) is 46.0 Å². The van der Waals surface area contributed by atoms with E-state index in [1.807, 2.05) is 7.05 Å². The van der Waals surface area contributed by atoms with Gasteiger partial charge < -0.3 is 10.2 Å². The number of nitrogens with zero attached hydrogens (tertiary/aromatic N) is 1. The first-order valence-electron chi connectivity index (χ1n) is 7.85. The number of sulfonamides is 1. The number of nitrogens with one attached hydrogen (secondary N) is 2.